The smallest absolute Gasteiger partial charge is 0.162 e. The minimum Gasteiger partial charge on any atom is -0.356 e. The minimum atomic E-state index is 0.757. The molecule has 0 unspecified atom stereocenters. The molecule has 0 aliphatic carbocycles. The molecule has 0 bridgehead atoms. The first-order chi connectivity index (χ1) is 13.8. The molecular weight excluding hydrogens is 386 g/mol. The molecule has 2 aromatic heterocycles. The van der Waals surface area contributed by atoms with Crippen molar-refractivity contribution < 1.29 is 0 Å². The molecule has 0 atom stereocenters. The van der Waals surface area contributed by atoms with Crippen LogP contribution in [-0.2, 0) is 0 Å². The van der Waals surface area contributed by atoms with Gasteiger partial charge in [0.25, 0.3) is 0 Å². The summed E-state index contributed by atoms with van der Waals surface area (Å²) < 4.78 is 0. The highest BCUT2D eigenvalue weighted by atomic mass is 35.5. The Hall–Kier alpha value is -2.30. The largest absolute Gasteiger partial charge is 0.356 e. The maximum Gasteiger partial charge on any atom is 0.162 e. The van der Waals surface area contributed by atoms with Crippen LogP contribution in [0.25, 0.3) is 21.9 Å². The average Bonchev–Trinajstić information content (AvgIpc) is 2.74. The Morgan fingerprint density at radius 1 is 0.821 bits per heavy atom. The number of hydrogen-bond acceptors (Lipinski definition) is 4. The summed E-state index contributed by atoms with van der Waals surface area (Å²) in [5, 5.41) is 2.98. The van der Waals surface area contributed by atoms with Crippen LogP contribution in [0.15, 0.2) is 70.5 Å². The molecule has 1 aliphatic heterocycles. The summed E-state index contributed by atoms with van der Waals surface area (Å²) in [7, 11) is 0. The van der Waals surface area contributed by atoms with Gasteiger partial charge >= 0.3 is 0 Å². The van der Waals surface area contributed by atoms with Crippen LogP contribution in [0.5, 0.6) is 0 Å². The van der Waals surface area contributed by atoms with E-state index in [-0.39, 0.29) is 0 Å². The maximum atomic E-state index is 6.06. The monoisotopic (exact) mass is 405 g/mol. The van der Waals surface area contributed by atoms with Crippen LogP contribution in [0.1, 0.15) is 19.3 Å². The summed E-state index contributed by atoms with van der Waals surface area (Å²) in [4.78, 5) is 14.6. The van der Waals surface area contributed by atoms with E-state index in [0.29, 0.717) is 0 Å². The second-order valence-corrected chi connectivity index (χ2v) is 8.69. The lowest BCUT2D eigenvalue weighted by Crippen LogP contribution is -2.30. The third kappa shape index (κ3) is 3.54. The first-order valence-electron chi connectivity index (χ1n) is 9.65. The Morgan fingerprint density at radius 3 is 2.43 bits per heavy atom. The summed E-state index contributed by atoms with van der Waals surface area (Å²) in [6, 6.07) is 20.7. The lowest BCUT2D eigenvalue weighted by atomic mass is 10.1. The molecule has 140 valence electrons. The van der Waals surface area contributed by atoms with E-state index >= 15 is 0 Å². The molecule has 1 fully saturated rings. The van der Waals surface area contributed by atoms with E-state index in [1.807, 2.05) is 24.3 Å². The van der Waals surface area contributed by atoms with Crippen molar-refractivity contribution in [3.05, 3.63) is 65.7 Å². The zero-order valence-electron chi connectivity index (χ0n) is 15.4. The number of hydrogen-bond donors (Lipinski definition) is 0. The molecular formula is C23H20ClN3S. The van der Waals surface area contributed by atoms with Gasteiger partial charge in [-0.1, -0.05) is 41.6 Å². The predicted molar refractivity (Wildman–Crippen MR) is 119 cm³/mol. The molecule has 1 aliphatic rings. The van der Waals surface area contributed by atoms with Crippen LogP contribution in [0, 0.1) is 0 Å². The van der Waals surface area contributed by atoms with Gasteiger partial charge in [0.15, 0.2) is 5.65 Å². The summed E-state index contributed by atoms with van der Waals surface area (Å²) >= 11 is 7.81. The van der Waals surface area contributed by atoms with Gasteiger partial charge in [0.1, 0.15) is 5.82 Å². The number of aromatic nitrogens is 2. The van der Waals surface area contributed by atoms with Gasteiger partial charge in [-0.3, -0.25) is 0 Å². The van der Waals surface area contributed by atoms with Crippen LogP contribution in [0.2, 0.25) is 5.02 Å². The Bertz CT molecular complexity index is 1140. The van der Waals surface area contributed by atoms with Gasteiger partial charge in [0.2, 0.25) is 0 Å². The molecule has 4 aromatic rings. The van der Waals surface area contributed by atoms with Gasteiger partial charge in [-0.15, -0.1) is 0 Å². The molecule has 2 aromatic carbocycles. The fourth-order valence-electron chi connectivity index (χ4n) is 3.72. The van der Waals surface area contributed by atoms with Gasteiger partial charge in [-0.2, -0.15) is 0 Å². The van der Waals surface area contributed by atoms with Gasteiger partial charge in [0, 0.05) is 33.8 Å². The highest BCUT2D eigenvalue weighted by molar-refractivity contribution is 7.99. The highest BCUT2D eigenvalue weighted by Gasteiger charge is 2.18. The van der Waals surface area contributed by atoms with Crippen molar-refractivity contribution in [2.75, 3.05) is 18.0 Å². The Labute approximate surface area is 173 Å². The second-order valence-electron chi connectivity index (χ2n) is 7.14. The van der Waals surface area contributed by atoms with Crippen molar-refractivity contribution in [1.82, 2.24) is 9.97 Å². The molecule has 0 radical (unpaired) electrons. The third-order valence-electron chi connectivity index (χ3n) is 5.15. The third-order valence-corrected chi connectivity index (χ3v) is 6.43. The molecule has 0 N–H and O–H groups in total. The van der Waals surface area contributed by atoms with Crippen molar-refractivity contribution in [3.8, 4) is 0 Å². The van der Waals surface area contributed by atoms with Crippen LogP contribution < -0.4 is 4.90 Å². The first-order valence-corrected chi connectivity index (χ1v) is 10.8. The first kappa shape index (κ1) is 17.8. The molecule has 3 heterocycles. The summed E-state index contributed by atoms with van der Waals surface area (Å²) in [5.74, 6) is 1.05. The van der Waals surface area contributed by atoms with Gasteiger partial charge in [0.05, 0.1) is 10.4 Å². The van der Waals surface area contributed by atoms with E-state index in [4.69, 9.17) is 21.6 Å². The maximum absolute atomic E-state index is 6.06. The second kappa shape index (κ2) is 7.61. The molecule has 0 spiro atoms. The molecule has 3 nitrogen and oxygen atoms in total. The Morgan fingerprint density at radius 2 is 1.61 bits per heavy atom. The molecule has 5 heteroatoms. The zero-order valence-corrected chi connectivity index (χ0v) is 17.0. The molecule has 28 heavy (non-hydrogen) atoms. The summed E-state index contributed by atoms with van der Waals surface area (Å²) in [6.07, 6.45) is 3.73. The van der Waals surface area contributed by atoms with Crippen molar-refractivity contribution in [1.29, 1.82) is 0 Å². The number of piperidine rings is 1. The minimum absolute atomic E-state index is 0.757. The number of rotatable bonds is 3. The van der Waals surface area contributed by atoms with E-state index in [2.05, 4.69) is 41.3 Å². The lowest BCUT2D eigenvalue weighted by molar-refractivity contribution is 0.571. The van der Waals surface area contributed by atoms with Gasteiger partial charge in [-0.05, 0) is 61.7 Å². The Balaban J connectivity index is 1.65. The number of anilines is 1. The van der Waals surface area contributed by atoms with Crippen molar-refractivity contribution in [2.24, 2.45) is 0 Å². The van der Waals surface area contributed by atoms with Gasteiger partial charge < -0.3 is 4.90 Å². The molecule has 0 amide bonds. The number of fused-ring (bicyclic) bond motifs is 2. The number of halogens is 1. The van der Waals surface area contributed by atoms with Crippen LogP contribution >= 0.6 is 23.4 Å². The fraction of sp³-hybridized carbons (Fsp3) is 0.217. The highest BCUT2D eigenvalue weighted by Crippen LogP contribution is 2.38. The van der Waals surface area contributed by atoms with E-state index in [1.54, 1.807) is 11.8 Å². The number of pyridine rings is 2. The SMILES string of the molecule is Clc1ccc(Sc2cc3cc4ccccc4nc3nc2N2CCCCC2)cc1. The molecule has 1 saturated heterocycles. The van der Waals surface area contributed by atoms with E-state index in [1.165, 1.54) is 24.2 Å². The fourth-order valence-corrected chi connectivity index (χ4v) is 4.82. The number of para-hydroxylation sites is 1. The van der Waals surface area contributed by atoms with E-state index < -0.39 is 0 Å². The van der Waals surface area contributed by atoms with Crippen molar-refractivity contribution >= 4 is 51.1 Å². The van der Waals surface area contributed by atoms with E-state index in [0.717, 1.165) is 50.8 Å². The Kier molecular flexibility index (Phi) is 4.83. The van der Waals surface area contributed by atoms with Crippen LogP contribution in [0.3, 0.4) is 0 Å². The van der Waals surface area contributed by atoms with Gasteiger partial charge in [-0.25, -0.2) is 9.97 Å². The quantitative estimate of drug-likeness (QED) is 0.360. The topological polar surface area (TPSA) is 29.0 Å². The van der Waals surface area contributed by atoms with Crippen LogP contribution in [-0.4, -0.2) is 23.1 Å². The standard InChI is InChI=1S/C23H20ClN3S/c24-18-8-10-19(11-9-18)28-21-15-17-14-16-6-2-3-7-20(16)25-22(17)26-23(21)27-12-4-1-5-13-27/h2-3,6-11,14-15H,1,4-5,12-13H2. The van der Waals surface area contributed by atoms with Crippen LogP contribution in [0.4, 0.5) is 5.82 Å². The van der Waals surface area contributed by atoms with Crippen molar-refractivity contribution in [2.45, 2.75) is 29.1 Å². The molecule has 5 rings (SSSR count). The number of nitrogens with zero attached hydrogens (tertiary/aromatic N) is 3. The number of benzene rings is 2. The zero-order chi connectivity index (χ0) is 18.9. The normalized spacial score (nSPS) is 14.7. The summed E-state index contributed by atoms with van der Waals surface area (Å²) in [6.45, 7) is 2.11. The molecule has 0 saturated carbocycles. The summed E-state index contributed by atoms with van der Waals surface area (Å²) in [5.41, 5.74) is 1.81. The lowest BCUT2D eigenvalue weighted by Gasteiger charge is -2.29. The predicted octanol–water partition coefficient (Wildman–Crippen LogP) is 6.58. The van der Waals surface area contributed by atoms with Crippen molar-refractivity contribution in [3.63, 3.8) is 0 Å². The van der Waals surface area contributed by atoms with E-state index in [9.17, 15) is 0 Å². The average molecular weight is 406 g/mol.